The molecule has 0 fully saturated rings. The predicted octanol–water partition coefficient (Wildman–Crippen LogP) is 3.01. The molecule has 0 aromatic heterocycles. The maximum atomic E-state index is 11.4. The van der Waals surface area contributed by atoms with Crippen molar-refractivity contribution in [3.63, 3.8) is 0 Å². The SMILES string of the molecule is CN=C(NCCC(=O)OC(C)C)NCCc1ccccc1Cl.I. The number of nitrogens with zero attached hydrogens (tertiary/aromatic N) is 1. The molecule has 0 aliphatic carbocycles. The van der Waals surface area contributed by atoms with E-state index in [1.165, 1.54) is 0 Å². The lowest BCUT2D eigenvalue weighted by atomic mass is 10.1. The third-order valence-electron chi connectivity index (χ3n) is 2.86. The molecule has 130 valence electrons. The van der Waals surface area contributed by atoms with Gasteiger partial charge in [-0.2, -0.15) is 0 Å². The van der Waals surface area contributed by atoms with E-state index in [1.807, 2.05) is 38.1 Å². The lowest BCUT2D eigenvalue weighted by molar-refractivity contribution is -0.147. The summed E-state index contributed by atoms with van der Waals surface area (Å²) in [6.45, 7) is 4.86. The van der Waals surface area contributed by atoms with E-state index >= 15 is 0 Å². The van der Waals surface area contributed by atoms with Gasteiger partial charge in [0.2, 0.25) is 0 Å². The van der Waals surface area contributed by atoms with Gasteiger partial charge in [0.05, 0.1) is 12.5 Å². The smallest absolute Gasteiger partial charge is 0.307 e. The van der Waals surface area contributed by atoms with Crippen molar-refractivity contribution in [1.82, 2.24) is 10.6 Å². The van der Waals surface area contributed by atoms with Crippen LogP contribution in [0.15, 0.2) is 29.3 Å². The highest BCUT2D eigenvalue weighted by molar-refractivity contribution is 14.0. The molecule has 5 nitrogen and oxygen atoms in total. The number of benzene rings is 1. The highest BCUT2D eigenvalue weighted by atomic mass is 127. The van der Waals surface area contributed by atoms with Crippen LogP contribution in [0.4, 0.5) is 0 Å². The van der Waals surface area contributed by atoms with Crippen LogP contribution in [-0.4, -0.2) is 38.2 Å². The average molecular weight is 454 g/mol. The van der Waals surface area contributed by atoms with Crippen LogP contribution in [0.2, 0.25) is 5.02 Å². The van der Waals surface area contributed by atoms with Gasteiger partial charge < -0.3 is 15.4 Å². The molecule has 0 aliphatic heterocycles. The number of hydrogen-bond donors (Lipinski definition) is 2. The van der Waals surface area contributed by atoms with Crippen molar-refractivity contribution >= 4 is 47.5 Å². The molecule has 0 spiro atoms. The standard InChI is InChI=1S/C16H24ClN3O2.HI/c1-12(2)22-15(21)9-11-20-16(18-3)19-10-8-13-6-4-5-7-14(13)17;/h4-7,12H,8-11H2,1-3H3,(H2,18,19,20);1H. The fourth-order valence-corrected chi connectivity index (χ4v) is 2.07. The Labute approximate surface area is 160 Å². The van der Waals surface area contributed by atoms with E-state index in [0.29, 0.717) is 25.5 Å². The van der Waals surface area contributed by atoms with Crippen LogP contribution in [0.5, 0.6) is 0 Å². The molecule has 0 unspecified atom stereocenters. The molecule has 23 heavy (non-hydrogen) atoms. The lowest BCUT2D eigenvalue weighted by Gasteiger charge is -2.12. The summed E-state index contributed by atoms with van der Waals surface area (Å²) in [5, 5.41) is 7.03. The number of rotatable bonds is 7. The number of nitrogens with one attached hydrogen (secondary N) is 2. The minimum Gasteiger partial charge on any atom is -0.463 e. The van der Waals surface area contributed by atoms with E-state index < -0.39 is 0 Å². The Morgan fingerprint density at radius 3 is 2.52 bits per heavy atom. The number of hydrogen-bond acceptors (Lipinski definition) is 3. The molecule has 0 radical (unpaired) electrons. The Hall–Kier alpha value is -1.02. The van der Waals surface area contributed by atoms with Crippen molar-refractivity contribution < 1.29 is 9.53 Å². The number of guanidine groups is 1. The molecule has 0 saturated heterocycles. The molecule has 0 atom stereocenters. The lowest BCUT2D eigenvalue weighted by Crippen LogP contribution is -2.39. The summed E-state index contributed by atoms with van der Waals surface area (Å²) < 4.78 is 5.06. The summed E-state index contributed by atoms with van der Waals surface area (Å²) >= 11 is 6.11. The number of carbonyl (C=O) groups excluding carboxylic acids is 1. The first-order valence-corrected chi connectivity index (χ1v) is 7.78. The van der Waals surface area contributed by atoms with Gasteiger partial charge in [0.15, 0.2) is 5.96 Å². The number of halogens is 2. The first kappa shape index (κ1) is 22.0. The van der Waals surface area contributed by atoms with Crippen LogP contribution in [0.3, 0.4) is 0 Å². The molecule has 1 rings (SSSR count). The monoisotopic (exact) mass is 453 g/mol. The van der Waals surface area contributed by atoms with Crippen LogP contribution in [-0.2, 0) is 16.0 Å². The van der Waals surface area contributed by atoms with Crippen molar-refractivity contribution in [3.05, 3.63) is 34.9 Å². The molecule has 1 aromatic carbocycles. The first-order chi connectivity index (χ1) is 10.5. The molecule has 0 amide bonds. The third-order valence-corrected chi connectivity index (χ3v) is 3.23. The van der Waals surface area contributed by atoms with Gasteiger partial charge >= 0.3 is 5.97 Å². The van der Waals surface area contributed by atoms with Gasteiger partial charge in [0.25, 0.3) is 0 Å². The normalized spacial score (nSPS) is 10.9. The minimum atomic E-state index is -0.214. The van der Waals surface area contributed by atoms with E-state index in [9.17, 15) is 4.79 Å². The van der Waals surface area contributed by atoms with Crippen LogP contribution in [0.25, 0.3) is 0 Å². The second-order valence-electron chi connectivity index (χ2n) is 5.06. The topological polar surface area (TPSA) is 62.7 Å². The largest absolute Gasteiger partial charge is 0.463 e. The van der Waals surface area contributed by atoms with Crippen molar-refractivity contribution in [1.29, 1.82) is 0 Å². The van der Waals surface area contributed by atoms with E-state index in [4.69, 9.17) is 16.3 Å². The van der Waals surface area contributed by atoms with E-state index in [0.717, 1.165) is 17.0 Å². The van der Waals surface area contributed by atoms with Crippen LogP contribution in [0, 0.1) is 0 Å². The van der Waals surface area contributed by atoms with Crippen molar-refractivity contribution in [2.24, 2.45) is 4.99 Å². The van der Waals surface area contributed by atoms with Crippen LogP contribution >= 0.6 is 35.6 Å². The van der Waals surface area contributed by atoms with Crippen LogP contribution < -0.4 is 10.6 Å². The molecule has 0 saturated carbocycles. The Kier molecular flexibility index (Phi) is 11.9. The van der Waals surface area contributed by atoms with Crippen molar-refractivity contribution in [2.45, 2.75) is 32.8 Å². The summed E-state index contributed by atoms with van der Waals surface area (Å²) in [4.78, 5) is 15.5. The second kappa shape index (κ2) is 12.4. The fourth-order valence-electron chi connectivity index (χ4n) is 1.84. The predicted molar refractivity (Wildman–Crippen MR) is 106 cm³/mol. The van der Waals surface area contributed by atoms with Gasteiger partial charge in [-0.05, 0) is 31.9 Å². The van der Waals surface area contributed by atoms with E-state index in [2.05, 4.69) is 15.6 Å². The van der Waals surface area contributed by atoms with Gasteiger partial charge in [-0.25, -0.2) is 0 Å². The number of esters is 1. The zero-order chi connectivity index (χ0) is 16.4. The number of aliphatic imine (C=N–C) groups is 1. The number of carbonyl (C=O) groups is 1. The van der Waals surface area contributed by atoms with Crippen LogP contribution in [0.1, 0.15) is 25.8 Å². The van der Waals surface area contributed by atoms with Gasteiger partial charge in [-0.3, -0.25) is 9.79 Å². The maximum absolute atomic E-state index is 11.4. The highest BCUT2D eigenvalue weighted by Crippen LogP contribution is 2.14. The Morgan fingerprint density at radius 1 is 1.26 bits per heavy atom. The zero-order valence-corrected chi connectivity index (χ0v) is 16.9. The fraction of sp³-hybridized carbons (Fsp3) is 0.500. The van der Waals surface area contributed by atoms with Gasteiger partial charge in [0.1, 0.15) is 0 Å². The highest BCUT2D eigenvalue weighted by Gasteiger charge is 2.06. The zero-order valence-electron chi connectivity index (χ0n) is 13.8. The summed E-state index contributed by atoms with van der Waals surface area (Å²) in [5.74, 6) is 0.443. The molecule has 7 heteroatoms. The quantitative estimate of drug-likeness (QED) is 0.288. The second-order valence-corrected chi connectivity index (χ2v) is 5.46. The summed E-state index contributed by atoms with van der Waals surface area (Å²) in [5.41, 5.74) is 1.09. The number of ether oxygens (including phenoxy) is 1. The molecule has 0 bridgehead atoms. The molecule has 0 heterocycles. The molecule has 0 aliphatic rings. The molecule has 2 N–H and O–H groups in total. The minimum absolute atomic E-state index is 0. The molecule has 1 aromatic rings. The van der Waals surface area contributed by atoms with Crippen molar-refractivity contribution in [2.75, 3.05) is 20.1 Å². The van der Waals surface area contributed by atoms with Gasteiger partial charge in [-0.15, -0.1) is 24.0 Å². The Bertz CT molecular complexity index is 510. The average Bonchev–Trinajstić information content (AvgIpc) is 2.46. The van der Waals surface area contributed by atoms with Crippen molar-refractivity contribution in [3.8, 4) is 0 Å². The molecular formula is C16H25ClIN3O2. The van der Waals surface area contributed by atoms with E-state index in [1.54, 1.807) is 7.05 Å². The molecular weight excluding hydrogens is 429 g/mol. The summed E-state index contributed by atoms with van der Waals surface area (Å²) in [6, 6.07) is 7.76. The first-order valence-electron chi connectivity index (χ1n) is 7.40. The third kappa shape index (κ3) is 9.65. The summed E-state index contributed by atoms with van der Waals surface area (Å²) in [6.07, 6.45) is 1.03. The van der Waals surface area contributed by atoms with Gasteiger partial charge in [0, 0.05) is 25.2 Å². The maximum Gasteiger partial charge on any atom is 0.307 e. The Balaban J connectivity index is 0.00000484. The van der Waals surface area contributed by atoms with E-state index in [-0.39, 0.29) is 36.0 Å². The van der Waals surface area contributed by atoms with Gasteiger partial charge in [-0.1, -0.05) is 29.8 Å². The summed E-state index contributed by atoms with van der Waals surface area (Å²) in [7, 11) is 1.69. The Morgan fingerprint density at radius 2 is 1.91 bits per heavy atom.